The molecule has 0 N–H and O–H groups in total. The zero-order chi connectivity index (χ0) is 18.1. The SMILES string of the molecule is CC(C)CO[Si](OCC(C)C)(Oc1ccccc1)Oc1ccccc1. The van der Waals surface area contributed by atoms with Gasteiger partial charge in [-0.05, 0) is 36.1 Å². The first-order chi connectivity index (χ1) is 12.0. The lowest BCUT2D eigenvalue weighted by atomic mass is 10.2. The first-order valence-electron chi connectivity index (χ1n) is 8.75. The summed E-state index contributed by atoms with van der Waals surface area (Å²) in [7, 11) is -3.40. The van der Waals surface area contributed by atoms with Crippen molar-refractivity contribution in [2.75, 3.05) is 13.2 Å². The molecule has 2 aromatic rings. The molecule has 0 unspecified atom stereocenters. The maximum absolute atomic E-state index is 6.18. The second kappa shape index (κ2) is 9.61. The summed E-state index contributed by atoms with van der Waals surface area (Å²) < 4.78 is 24.6. The molecule has 0 bridgehead atoms. The quantitative estimate of drug-likeness (QED) is 0.563. The van der Waals surface area contributed by atoms with Gasteiger partial charge in [-0.2, -0.15) is 0 Å². The fourth-order valence-electron chi connectivity index (χ4n) is 1.98. The van der Waals surface area contributed by atoms with E-state index in [1.165, 1.54) is 0 Å². The summed E-state index contributed by atoms with van der Waals surface area (Å²) in [6.07, 6.45) is 0. The van der Waals surface area contributed by atoms with Crippen LogP contribution in [0.1, 0.15) is 27.7 Å². The number of hydrogen-bond donors (Lipinski definition) is 0. The van der Waals surface area contributed by atoms with Crippen LogP contribution >= 0.6 is 0 Å². The lowest BCUT2D eigenvalue weighted by Crippen LogP contribution is -2.56. The molecule has 25 heavy (non-hydrogen) atoms. The van der Waals surface area contributed by atoms with Gasteiger partial charge in [-0.1, -0.05) is 64.1 Å². The maximum atomic E-state index is 6.18. The zero-order valence-corrected chi connectivity index (χ0v) is 16.5. The smallest absolute Gasteiger partial charge is 0.471 e. The molecule has 0 saturated carbocycles. The van der Waals surface area contributed by atoms with Gasteiger partial charge in [0.1, 0.15) is 11.5 Å². The molecular weight excluding hydrogens is 332 g/mol. The van der Waals surface area contributed by atoms with E-state index < -0.39 is 9.05 Å². The highest BCUT2D eigenvalue weighted by molar-refractivity contribution is 6.55. The molecule has 0 heterocycles. The fraction of sp³-hybridized carbons (Fsp3) is 0.400. The van der Waals surface area contributed by atoms with E-state index >= 15 is 0 Å². The first-order valence-corrected chi connectivity index (χ1v) is 10.4. The van der Waals surface area contributed by atoms with Gasteiger partial charge in [-0.25, -0.2) is 0 Å². The highest BCUT2D eigenvalue weighted by Gasteiger charge is 2.52. The number of hydrogen-bond acceptors (Lipinski definition) is 4. The van der Waals surface area contributed by atoms with E-state index in [0.717, 1.165) is 0 Å². The lowest BCUT2D eigenvalue weighted by Gasteiger charge is -2.29. The molecule has 4 nitrogen and oxygen atoms in total. The van der Waals surface area contributed by atoms with Gasteiger partial charge in [0.2, 0.25) is 0 Å². The monoisotopic (exact) mass is 360 g/mol. The van der Waals surface area contributed by atoms with Crippen LogP contribution in [-0.4, -0.2) is 22.3 Å². The second-order valence-corrected chi connectivity index (χ2v) is 8.73. The van der Waals surface area contributed by atoms with Gasteiger partial charge >= 0.3 is 9.05 Å². The van der Waals surface area contributed by atoms with Crippen molar-refractivity contribution in [3.63, 3.8) is 0 Å². The minimum absolute atomic E-state index is 0.341. The molecule has 2 rings (SSSR count). The van der Waals surface area contributed by atoms with Crippen molar-refractivity contribution in [3.05, 3.63) is 60.7 Å². The third kappa shape index (κ3) is 6.90. The third-order valence-electron chi connectivity index (χ3n) is 3.16. The van der Waals surface area contributed by atoms with Crippen molar-refractivity contribution in [2.24, 2.45) is 11.8 Å². The molecule has 0 aliphatic rings. The minimum Gasteiger partial charge on any atom is -0.471 e. The standard InChI is InChI=1S/C20H28O4Si/c1-17(2)15-21-25(22-16-18(3)4,23-19-11-7-5-8-12-19)24-20-13-9-6-10-14-20/h5-14,17-18H,15-16H2,1-4H3. The van der Waals surface area contributed by atoms with Crippen LogP contribution in [0.2, 0.25) is 0 Å². The van der Waals surface area contributed by atoms with Gasteiger partial charge < -0.3 is 17.7 Å². The van der Waals surface area contributed by atoms with Gasteiger partial charge in [0, 0.05) is 13.2 Å². The molecular formula is C20H28O4Si. The molecule has 136 valence electrons. The third-order valence-corrected chi connectivity index (χ3v) is 5.17. The molecule has 0 spiro atoms. The molecule has 0 aromatic heterocycles. The summed E-state index contributed by atoms with van der Waals surface area (Å²) >= 11 is 0. The zero-order valence-electron chi connectivity index (χ0n) is 15.5. The fourth-order valence-corrected chi connectivity index (χ4v) is 4.27. The van der Waals surface area contributed by atoms with Crippen molar-refractivity contribution < 1.29 is 17.7 Å². The Hall–Kier alpha value is -1.82. The number of rotatable bonds is 10. The normalized spacial score (nSPS) is 11.8. The van der Waals surface area contributed by atoms with Gasteiger partial charge in [0.25, 0.3) is 0 Å². The van der Waals surface area contributed by atoms with Gasteiger partial charge in [0.15, 0.2) is 0 Å². The molecule has 0 aliphatic carbocycles. The van der Waals surface area contributed by atoms with E-state index in [2.05, 4.69) is 27.7 Å². The summed E-state index contributed by atoms with van der Waals surface area (Å²) in [6, 6.07) is 19.1. The molecule has 2 aromatic carbocycles. The van der Waals surface area contributed by atoms with E-state index in [1.54, 1.807) is 0 Å². The van der Waals surface area contributed by atoms with Crippen LogP contribution in [-0.2, 0) is 8.85 Å². The summed E-state index contributed by atoms with van der Waals surface area (Å²) in [4.78, 5) is 0. The highest BCUT2D eigenvalue weighted by Crippen LogP contribution is 2.23. The average Bonchev–Trinajstić information content (AvgIpc) is 2.60. The predicted molar refractivity (Wildman–Crippen MR) is 101 cm³/mol. The van der Waals surface area contributed by atoms with Crippen LogP contribution < -0.4 is 8.85 Å². The Morgan fingerprint density at radius 1 is 0.640 bits per heavy atom. The average molecular weight is 361 g/mol. The number of para-hydroxylation sites is 2. The summed E-state index contributed by atoms with van der Waals surface area (Å²) in [5, 5.41) is 0. The Bertz CT molecular complexity index is 546. The van der Waals surface area contributed by atoms with Crippen LogP contribution in [0.3, 0.4) is 0 Å². The van der Waals surface area contributed by atoms with Crippen molar-refractivity contribution >= 4 is 9.05 Å². The Morgan fingerprint density at radius 2 is 1.00 bits per heavy atom. The van der Waals surface area contributed by atoms with Crippen molar-refractivity contribution in [3.8, 4) is 11.5 Å². The van der Waals surface area contributed by atoms with Crippen LogP contribution in [0.25, 0.3) is 0 Å². The Morgan fingerprint density at radius 3 is 1.32 bits per heavy atom. The highest BCUT2D eigenvalue weighted by atomic mass is 28.4. The molecule has 0 radical (unpaired) electrons. The summed E-state index contributed by atoms with van der Waals surface area (Å²) in [5.74, 6) is 2.04. The Kier molecular flexibility index (Phi) is 7.49. The van der Waals surface area contributed by atoms with E-state index in [-0.39, 0.29) is 0 Å². The van der Waals surface area contributed by atoms with E-state index in [9.17, 15) is 0 Å². The van der Waals surface area contributed by atoms with Gasteiger partial charge in [-0.15, -0.1) is 0 Å². The van der Waals surface area contributed by atoms with Crippen LogP contribution in [0.5, 0.6) is 11.5 Å². The van der Waals surface area contributed by atoms with Gasteiger partial charge in [-0.3, -0.25) is 0 Å². The molecule has 0 amide bonds. The van der Waals surface area contributed by atoms with E-state index in [4.69, 9.17) is 17.7 Å². The van der Waals surface area contributed by atoms with E-state index in [1.807, 2.05) is 60.7 Å². The van der Waals surface area contributed by atoms with Crippen LogP contribution in [0.15, 0.2) is 60.7 Å². The Balaban J connectivity index is 2.28. The molecule has 0 atom stereocenters. The van der Waals surface area contributed by atoms with E-state index in [0.29, 0.717) is 36.5 Å². The molecule has 0 fully saturated rings. The lowest BCUT2D eigenvalue weighted by molar-refractivity contribution is 0.0256. The summed E-state index contributed by atoms with van der Waals surface area (Å²) in [6.45, 7) is 9.37. The maximum Gasteiger partial charge on any atom is 0.820 e. The first kappa shape index (κ1) is 19.5. The van der Waals surface area contributed by atoms with Gasteiger partial charge in [0.05, 0.1) is 0 Å². The predicted octanol–water partition coefficient (Wildman–Crippen LogP) is 4.93. The second-order valence-electron chi connectivity index (χ2n) is 6.74. The van der Waals surface area contributed by atoms with Crippen molar-refractivity contribution in [2.45, 2.75) is 27.7 Å². The molecule has 0 aliphatic heterocycles. The Labute approximate surface area is 152 Å². The minimum atomic E-state index is -3.40. The van der Waals surface area contributed by atoms with Crippen LogP contribution in [0, 0.1) is 11.8 Å². The van der Waals surface area contributed by atoms with Crippen molar-refractivity contribution in [1.82, 2.24) is 0 Å². The van der Waals surface area contributed by atoms with Crippen LogP contribution in [0.4, 0.5) is 0 Å². The summed E-state index contributed by atoms with van der Waals surface area (Å²) in [5.41, 5.74) is 0. The number of benzene rings is 2. The topological polar surface area (TPSA) is 36.9 Å². The largest absolute Gasteiger partial charge is 0.820 e. The molecule has 5 heteroatoms. The molecule has 0 saturated heterocycles. The van der Waals surface area contributed by atoms with Crippen molar-refractivity contribution in [1.29, 1.82) is 0 Å².